The molecule has 30 heavy (non-hydrogen) atoms. The summed E-state index contributed by atoms with van der Waals surface area (Å²) < 4.78 is 0. The summed E-state index contributed by atoms with van der Waals surface area (Å²) in [5, 5.41) is 13.2. The van der Waals surface area contributed by atoms with Crippen LogP contribution in [0.3, 0.4) is 0 Å². The first-order chi connectivity index (χ1) is 14.3. The van der Waals surface area contributed by atoms with E-state index in [-0.39, 0.29) is 21.2 Å². The number of nitro groups is 1. The fraction of sp³-hybridized carbons (Fsp3) is 0.105. The molecular weight excluding hydrogens is 450 g/mol. The first-order valence-electron chi connectivity index (χ1n) is 8.41. The van der Waals surface area contributed by atoms with Gasteiger partial charge in [-0.05, 0) is 48.4 Å². The van der Waals surface area contributed by atoms with E-state index in [1.54, 1.807) is 18.2 Å². The van der Waals surface area contributed by atoms with E-state index in [1.165, 1.54) is 36.0 Å². The number of hydrogen-bond donors (Lipinski definition) is 1. The number of nitrogens with one attached hydrogen (secondary N) is 1. The van der Waals surface area contributed by atoms with Gasteiger partial charge < -0.3 is 5.32 Å². The van der Waals surface area contributed by atoms with Gasteiger partial charge in [-0.1, -0.05) is 17.7 Å². The number of non-ortho nitro benzene ring substituents is 1. The number of anilines is 1. The first kappa shape index (κ1) is 21.9. The Morgan fingerprint density at radius 3 is 2.77 bits per heavy atom. The molecule has 0 bridgehead atoms. The molecular formula is C19H14ClN3O5S2. The molecule has 1 heterocycles. The Hall–Kier alpha value is -2.82. The predicted molar refractivity (Wildman–Crippen MR) is 118 cm³/mol. The zero-order valence-electron chi connectivity index (χ0n) is 15.5. The van der Waals surface area contributed by atoms with Gasteiger partial charge in [0, 0.05) is 33.3 Å². The van der Waals surface area contributed by atoms with Crippen LogP contribution in [-0.4, -0.2) is 39.7 Å². The number of carbonyl (C=O) groups excluding carboxylic acids is 3. The number of rotatable bonds is 6. The van der Waals surface area contributed by atoms with Crippen molar-refractivity contribution < 1.29 is 19.3 Å². The topological polar surface area (TPSA) is 110 Å². The summed E-state index contributed by atoms with van der Waals surface area (Å²) in [4.78, 5) is 49.3. The first-order valence-corrected chi connectivity index (χ1v) is 10.8. The lowest BCUT2D eigenvalue weighted by Crippen LogP contribution is -2.36. The van der Waals surface area contributed by atoms with Crippen molar-refractivity contribution in [2.75, 3.05) is 18.1 Å². The largest absolute Gasteiger partial charge is 0.324 e. The molecule has 0 radical (unpaired) electrons. The van der Waals surface area contributed by atoms with E-state index in [4.69, 9.17) is 11.6 Å². The second kappa shape index (κ2) is 9.33. The van der Waals surface area contributed by atoms with E-state index in [1.807, 2.05) is 12.3 Å². The van der Waals surface area contributed by atoms with Crippen LogP contribution in [0.15, 0.2) is 52.3 Å². The fourth-order valence-corrected chi connectivity index (χ4v) is 4.04. The van der Waals surface area contributed by atoms with Gasteiger partial charge in [0.2, 0.25) is 5.91 Å². The van der Waals surface area contributed by atoms with E-state index in [0.717, 1.165) is 9.80 Å². The summed E-state index contributed by atoms with van der Waals surface area (Å²) in [6.45, 7) is -0.450. The van der Waals surface area contributed by atoms with E-state index in [9.17, 15) is 24.5 Å². The highest BCUT2D eigenvalue weighted by Gasteiger charge is 2.36. The SMILES string of the molecule is CSc1cccc(NC(=O)CN2C(=O)S/C(=C\c3cc([N+](=O)[O-])ccc3Cl)C2=O)c1. The Kier molecular flexibility index (Phi) is 6.80. The van der Waals surface area contributed by atoms with Gasteiger partial charge in [-0.25, -0.2) is 0 Å². The van der Waals surface area contributed by atoms with Crippen LogP contribution in [-0.2, 0) is 9.59 Å². The molecule has 0 unspecified atom stereocenters. The molecule has 0 aliphatic carbocycles. The number of thioether (sulfide) groups is 2. The molecule has 2 aromatic carbocycles. The van der Waals surface area contributed by atoms with Crippen LogP contribution in [0.4, 0.5) is 16.2 Å². The van der Waals surface area contributed by atoms with Crippen molar-refractivity contribution in [1.82, 2.24) is 4.90 Å². The lowest BCUT2D eigenvalue weighted by molar-refractivity contribution is -0.384. The minimum atomic E-state index is -0.666. The third kappa shape index (κ3) is 5.02. The van der Waals surface area contributed by atoms with Crippen molar-refractivity contribution in [2.45, 2.75) is 4.90 Å². The highest BCUT2D eigenvalue weighted by atomic mass is 35.5. The Balaban J connectivity index is 1.74. The van der Waals surface area contributed by atoms with Crippen molar-refractivity contribution in [3.8, 4) is 0 Å². The van der Waals surface area contributed by atoms with Crippen LogP contribution < -0.4 is 5.32 Å². The average molecular weight is 464 g/mol. The number of amides is 3. The minimum Gasteiger partial charge on any atom is -0.324 e. The normalized spacial score (nSPS) is 15.0. The number of nitrogens with zero attached hydrogens (tertiary/aromatic N) is 2. The molecule has 3 amide bonds. The van der Waals surface area contributed by atoms with Gasteiger partial charge in [0.15, 0.2) is 0 Å². The van der Waals surface area contributed by atoms with Crippen molar-refractivity contribution in [3.05, 3.63) is 68.1 Å². The molecule has 0 aromatic heterocycles. The maximum absolute atomic E-state index is 12.6. The zero-order chi connectivity index (χ0) is 21.8. The number of carbonyl (C=O) groups is 3. The Morgan fingerprint density at radius 2 is 2.07 bits per heavy atom. The summed E-state index contributed by atoms with van der Waals surface area (Å²) in [6.07, 6.45) is 3.21. The molecule has 8 nitrogen and oxygen atoms in total. The highest BCUT2D eigenvalue weighted by Crippen LogP contribution is 2.34. The molecule has 1 saturated heterocycles. The van der Waals surface area contributed by atoms with Crippen LogP contribution in [0.25, 0.3) is 6.08 Å². The lowest BCUT2D eigenvalue weighted by Gasteiger charge is -2.12. The number of benzene rings is 2. The molecule has 1 fully saturated rings. The Bertz CT molecular complexity index is 1090. The van der Waals surface area contributed by atoms with Gasteiger partial charge in [-0.2, -0.15) is 0 Å². The van der Waals surface area contributed by atoms with Crippen molar-refractivity contribution >= 4 is 69.6 Å². The quantitative estimate of drug-likeness (QED) is 0.287. The molecule has 11 heteroatoms. The van der Waals surface area contributed by atoms with Gasteiger partial charge in [0.1, 0.15) is 6.54 Å². The van der Waals surface area contributed by atoms with E-state index in [0.29, 0.717) is 17.4 Å². The van der Waals surface area contributed by atoms with Crippen LogP contribution >= 0.6 is 35.1 Å². The molecule has 0 spiro atoms. The second-order valence-corrected chi connectivity index (χ2v) is 8.29. The molecule has 1 aliphatic heterocycles. The second-order valence-electron chi connectivity index (χ2n) is 6.01. The van der Waals surface area contributed by atoms with Gasteiger partial charge in [-0.15, -0.1) is 11.8 Å². The van der Waals surface area contributed by atoms with Gasteiger partial charge >= 0.3 is 0 Å². The fourth-order valence-electron chi connectivity index (χ4n) is 2.58. The minimum absolute atomic E-state index is 0.0274. The van der Waals surface area contributed by atoms with E-state index < -0.39 is 28.5 Å². The Labute approximate surface area is 184 Å². The summed E-state index contributed by atoms with van der Waals surface area (Å²) in [5.74, 6) is -1.19. The summed E-state index contributed by atoms with van der Waals surface area (Å²) in [7, 11) is 0. The third-order valence-electron chi connectivity index (χ3n) is 4.01. The van der Waals surface area contributed by atoms with Gasteiger partial charge in [0.05, 0.1) is 9.83 Å². The van der Waals surface area contributed by atoms with Crippen molar-refractivity contribution in [1.29, 1.82) is 0 Å². The van der Waals surface area contributed by atoms with E-state index >= 15 is 0 Å². The molecule has 1 N–H and O–H groups in total. The van der Waals surface area contributed by atoms with Crippen LogP contribution in [0.1, 0.15) is 5.56 Å². The zero-order valence-corrected chi connectivity index (χ0v) is 17.8. The third-order valence-corrected chi connectivity index (χ3v) is 5.98. The lowest BCUT2D eigenvalue weighted by atomic mass is 10.2. The summed E-state index contributed by atoms with van der Waals surface area (Å²) >= 11 is 8.20. The molecule has 154 valence electrons. The van der Waals surface area contributed by atoms with Crippen LogP contribution in [0.2, 0.25) is 5.02 Å². The number of nitro benzene ring substituents is 1. The van der Waals surface area contributed by atoms with Gasteiger partial charge in [-0.3, -0.25) is 29.4 Å². The number of halogens is 1. The highest BCUT2D eigenvalue weighted by molar-refractivity contribution is 8.18. The average Bonchev–Trinajstić information content (AvgIpc) is 2.97. The van der Waals surface area contributed by atoms with Crippen molar-refractivity contribution in [2.24, 2.45) is 0 Å². The summed E-state index contributed by atoms with van der Waals surface area (Å²) in [6, 6.07) is 10.9. The number of imide groups is 1. The van der Waals surface area contributed by atoms with Crippen molar-refractivity contribution in [3.63, 3.8) is 0 Å². The smallest absolute Gasteiger partial charge is 0.294 e. The maximum Gasteiger partial charge on any atom is 0.294 e. The summed E-state index contributed by atoms with van der Waals surface area (Å²) in [5.41, 5.74) is 0.587. The van der Waals surface area contributed by atoms with Gasteiger partial charge in [0.25, 0.3) is 16.8 Å². The Morgan fingerprint density at radius 1 is 1.30 bits per heavy atom. The maximum atomic E-state index is 12.6. The molecule has 1 aliphatic rings. The molecule has 0 atom stereocenters. The van der Waals surface area contributed by atoms with E-state index in [2.05, 4.69) is 5.32 Å². The molecule has 2 aromatic rings. The predicted octanol–water partition coefficient (Wildman–Crippen LogP) is 4.65. The number of hydrogen-bond acceptors (Lipinski definition) is 7. The monoisotopic (exact) mass is 463 g/mol. The standard InChI is InChI=1S/C19H14ClN3O5S2/c1-29-14-4-2-3-12(9-14)21-17(24)10-22-18(25)16(30-19(22)26)8-11-7-13(23(27)28)5-6-15(11)20/h2-9H,10H2,1H3,(H,21,24)/b16-8-. The van der Waals surface area contributed by atoms with Crippen LogP contribution in [0.5, 0.6) is 0 Å². The molecule has 0 saturated carbocycles. The van der Waals surface area contributed by atoms with Crippen LogP contribution in [0, 0.1) is 10.1 Å². The molecule has 3 rings (SSSR count).